The molecule has 0 rings (SSSR count). The molecule has 0 nitrogen and oxygen atoms in total. The summed E-state index contributed by atoms with van der Waals surface area (Å²) in [5.41, 5.74) is 0. The summed E-state index contributed by atoms with van der Waals surface area (Å²) in [5.74, 6) is 0.793. The van der Waals surface area contributed by atoms with E-state index in [1.807, 2.05) is 0 Å². The third-order valence-electron chi connectivity index (χ3n) is 2.40. The molecule has 0 unspecified atom stereocenters. The molecule has 0 aromatic rings. The Hall–Kier alpha value is 0.0300. The van der Waals surface area contributed by atoms with Crippen molar-refractivity contribution in [3.8, 4) is 0 Å². The molecule has 0 fully saturated rings. The number of allylic oxidation sites excluding steroid dienone is 2. The van der Waals surface area contributed by atoms with Gasteiger partial charge in [-0.25, -0.2) is 0 Å². The Kier molecular flexibility index (Phi) is 13.1. The zero-order valence-corrected chi connectivity index (χ0v) is 10.4. The maximum atomic E-state index is 5.58. The highest BCUT2D eigenvalue weighted by atomic mass is 35.5. The van der Waals surface area contributed by atoms with Crippen LogP contribution in [0.2, 0.25) is 0 Å². The van der Waals surface area contributed by atoms with E-state index >= 15 is 0 Å². The van der Waals surface area contributed by atoms with Gasteiger partial charge in [-0.1, -0.05) is 51.2 Å². The highest BCUT2D eigenvalue weighted by Gasteiger charge is 1.87. The molecule has 0 saturated heterocycles. The van der Waals surface area contributed by atoms with E-state index in [-0.39, 0.29) is 0 Å². The molecular weight excluding hydrogens is 192 g/mol. The highest BCUT2D eigenvalue weighted by molar-refractivity contribution is 6.17. The molecule has 0 atom stereocenters. The van der Waals surface area contributed by atoms with Crippen LogP contribution in [0.15, 0.2) is 12.2 Å². The van der Waals surface area contributed by atoms with E-state index in [1.54, 1.807) is 0 Å². The van der Waals surface area contributed by atoms with Crippen LogP contribution in [0.3, 0.4) is 0 Å². The van der Waals surface area contributed by atoms with Crippen molar-refractivity contribution in [3.05, 3.63) is 12.2 Å². The number of unbranched alkanes of at least 4 members (excludes halogenated alkanes) is 7. The smallest absolute Gasteiger partial charge is 0.0226 e. The second kappa shape index (κ2) is 13.0. The molecule has 0 aromatic carbocycles. The Bertz CT molecular complexity index is 118. The van der Waals surface area contributed by atoms with Gasteiger partial charge < -0.3 is 0 Å². The van der Waals surface area contributed by atoms with Crippen LogP contribution >= 0.6 is 11.6 Å². The van der Waals surface area contributed by atoms with Crippen LogP contribution in [0, 0.1) is 0 Å². The van der Waals surface area contributed by atoms with Gasteiger partial charge in [0.15, 0.2) is 0 Å². The first-order chi connectivity index (χ1) is 6.91. The van der Waals surface area contributed by atoms with Gasteiger partial charge in [0, 0.05) is 5.88 Å². The lowest BCUT2D eigenvalue weighted by Crippen LogP contribution is -1.77. The van der Waals surface area contributed by atoms with Gasteiger partial charge in [-0.2, -0.15) is 0 Å². The molecule has 0 bridgehead atoms. The minimum Gasteiger partial charge on any atom is -0.127 e. The molecule has 84 valence electrons. The summed E-state index contributed by atoms with van der Waals surface area (Å²) in [6.45, 7) is 2.26. The van der Waals surface area contributed by atoms with Crippen molar-refractivity contribution in [2.75, 3.05) is 5.88 Å². The summed E-state index contributed by atoms with van der Waals surface area (Å²) in [6.07, 6.45) is 16.5. The van der Waals surface area contributed by atoms with Gasteiger partial charge in [0.05, 0.1) is 0 Å². The molecular formula is C13H25Cl. The molecule has 0 aliphatic heterocycles. The first-order valence-corrected chi connectivity index (χ1v) is 6.66. The van der Waals surface area contributed by atoms with Crippen LogP contribution in [-0.2, 0) is 0 Å². The predicted molar refractivity (Wildman–Crippen MR) is 67.1 cm³/mol. The Morgan fingerprint density at radius 1 is 0.786 bits per heavy atom. The quantitative estimate of drug-likeness (QED) is 0.264. The third-order valence-corrected chi connectivity index (χ3v) is 2.66. The van der Waals surface area contributed by atoms with Crippen molar-refractivity contribution in [1.82, 2.24) is 0 Å². The topological polar surface area (TPSA) is 0 Å². The van der Waals surface area contributed by atoms with Crippen LogP contribution < -0.4 is 0 Å². The van der Waals surface area contributed by atoms with Crippen molar-refractivity contribution in [3.63, 3.8) is 0 Å². The maximum absolute atomic E-state index is 5.58. The van der Waals surface area contributed by atoms with Crippen LogP contribution in [0.25, 0.3) is 0 Å². The van der Waals surface area contributed by atoms with Gasteiger partial charge in [-0.15, -0.1) is 11.6 Å². The minimum absolute atomic E-state index is 0.793. The molecule has 14 heavy (non-hydrogen) atoms. The summed E-state index contributed by atoms with van der Waals surface area (Å²) in [7, 11) is 0. The van der Waals surface area contributed by atoms with Crippen LogP contribution in [0.5, 0.6) is 0 Å². The van der Waals surface area contributed by atoms with E-state index in [0.29, 0.717) is 0 Å². The van der Waals surface area contributed by atoms with E-state index in [9.17, 15) is 0 Å². The fourth-order valence-electron chi connectivity index (χ4n) is 1.47. The SMILES string of the molecule is CCCCCCCCC=CCCCCl. The average molecular weight is 217 g/mol. The first-order valence-electron chi connectivity index (χ1n) is 6.12. The summed E-state index contributed by atoms with van der Waals surface area (Å²) in [5, 5.41) is 0. The monoisotopic (exact) mass is 216 g/mol. The molecule has 0 N–H and O–H groups in total. The number of hydrogen-bond donors (Lipinski definition) is 0. The molecule has 1 heteroatoms. The Labute approximate surface area is 94.7 Å². The summed E-state index contributed by atoms with van der Waals surface area (Å²) in [4.78, 5) is 0. The zero-order valence-electron chi connectivity index (χ0n) is 9.60. The molecule has 0 heterocycles. The molecule has 0 spiro atoms. The lowest BCUT2D eigenvalue weighted by molar-refractivity contribution is 0.611. The molecule has 0 aliphatic rings. The predicted octanol–water partition coefficient (Wildman–Crippen LogP) is 5.31. The van der Waals surface area contributed by atoms with E-state index in [1.165, 1.54) is 44.9 Å². The normalized spacial score (nSPS) is 11.3. The first kappa shape index (κ1) is 14.0. The number of rotatable bonds is 10. The van der Waals surface area contributed by atoms with Crippen LogP contribution in [0.1, 0.15) is 64.7 Å². The third kappa shape index (κ3) is 12.0. The van der Waals surface area contributed by atoms with Gasteiger partial charge >= 0.3 is 0 Å². The average Bonchev–Trinajstić information content (AvgIpc) is 2.21. The van der Waals surface area contributed by atoms with Gasteiger partial charge in [-0.3, -0.25) is 0 Å². The fourth-order valence-corrected chi connectivity index (χ4v) is 1.63. The molecule has 0 radical (unpaired) electrons. The van der Waals surface area contributed by atoms with Gasteiger partial charge in [0.25, 0.3) is 0 Å². The van der Waals surface area contributed by atoms with Crippen molar-refractivity contribution in [1.29, 1.82) is 0 Å². The molecule has 0 amide bonds. The highest BCUT2D eigenvalue weighted by Crippen LogP contribution is 2.07. The van der Waals surface area contributed by atoms with Gasteiger partial charge in [-0.05, 0) is 25.7 Å². The Morgan fingerprint density at radius 2 is 1.36 bits per heavy atom. The lowest BCUT2D eigenvalue weighted by Gasteiger charge is -1.97. The van der Waals surface area contributed by atoms with E-state index in [2.05, 4.69) is 19.1 Å². The molecule has 0 saturated carbocycles. The van der Waals surface area contributed by atoms with E-state index in [0.717, 1.165) is 18.7 Å². The van der Waals surface area contributed by atoms with Crippen molar-refractivity contribution in [2.24, 2.45) is 0 Å². The fraction of sp³-hybridized carbons (Fsp3) is 0.846. The van der Waals surface area contributed by atoms with Gasteiger partial charge in [0.2, 0.25) is 0 Å². The maximum Gasteiger partial charge on any atom is 0.0226 e. The largest absolute Gasteiger partial charge is 0.127 e. The second-order valence-corrected chi connectivity index (χ2v) is 4.24. The Balaban J connectivity index is 2.94. The second-order valence-electron chi connectivity index (χ2n) is 3.86. The van der Waals surface area contributed by atoms with Gasteiger partial charge in [0.1, 0.15) is 0 Å². The summed E-state index contributed by atoms with van der Waals surface area (Å²) >= 11 is 5.58. The summed E-state index contributed by atoms with van der Waals surface area (Å²) < 4.78 is 0. The van der Waals surface area contributed by atoms with Crippen LogP contribution in [-0.4, -0.2) is 5.88 Å². The van der Waals surface area contributed by atoms with Crippen molar-refractivity contribution in [2.45, 2.75) is 64.7 Å². The van der Waals surface area contributed by atoms with E-state index in [4.69, 9.17) is 11.6 Å². The van der Waals surface area contributed by atoms with Crippen molar-refractivity contribution >= 4 is 11.6 Å². The zero-order chi connectivity index (χ0) is 10.5. The number of alkyl halides is 1. The molecule has 0 aliphatic carbocycles. The minimum atomic E-state index is 0.793. The van der Waals surface area contributed by atoms with E-state index < -0.39 is 0 Å². The lowest BCUT2D eigenvalue weighted by atomic mass is 10.1. The standard InChI is InChI=1S/C13H25Cl/c1-2-3-4-5-6-7-8-9-10-11-12-13-14/h9-10H,2-8,11-13H2,1H3. The Morgan fingerprint density at radius 3 is 2.00 bits per heavy atom. The number of halogens is 1. The van der Waals surface area contributed by atoms with Crippen molar-refractivity contribution < 1.29 is 0 Å². The molecule has 0 aromatic heterocycles. The summed E-state index contributed by atoms with van der Waals surface area (Å²) in [6, 6.07) is 0. The van der Waals surface area contributed by atoms with Crippen LogP contribution in [0.4, 0.5) is 0 Å². The number of hydrogen-bond acceptors (Lipinski definition) is 0.